The Kier molecular flexibility index (Phi) is 8.60. The highest BCUT2D eigenvalue weighted by Gasteiger charge is 2.26. The van der Waals surface area contributed by atoms with Crippen molar-refractivity contribution < 1.29 is 9.59 Å². The summed E-state index contributed by atoms with van der Waals surface area (Å²) in [6, 6.07) is 6.01. The molecular formula is C20H31ClN2O2. The summed E-state index contributed by atoms with van der Waals surface area (Å²) in [5.74, 6) is -0.0414. The molecule has 0 spiro atoms. The minimum Gasteiger partial charge on any atom is -0.349 e. The third-order valence-corrected chi connectivity index (χ3v) is 5.40. The van der Waals surface area contributed by atoms with E-state index in [9.17, 15) is 9.59 Å². The van der Waals surface area contributed by atoms with E-state index in [0.717, 1.165) is 31.2 Å². The van der Waals surface area contributed by atoms with Crippen LogP contribution in [0.2, 0.25) is 0 Å². The van der Waals surface area contributed by atoms with Gasteiger partial charge >= 0.3 is 0 Å². The minimum absolute atomic E-state index is 0. The Bertz CT molecular complexity index is 589. The molecule has 0 saturated heterocycles. The zero-order valence-corrected chi connectivity index (χ0v) is 16.2. The maximum Gasteiger partial charge on any atom is 0.220 e. The number of rotatable bonds is 8. The highest BCUT2D eigenvalue weighted by molar-refractivity contribution is 5.98. The Hall–Kier alpha value is -1.39. The first-order chi connectivity index (χ1) is 11.5. The Morgan fingerprint density at radius 3 is 2.32 bits per heavy atom. The monoisotopic (exact) mass is 366 g/mol. The van der Waals surface area contributed by atoms with Gasteiger partial charge in [-0.15, -0.1) is 12.4 Å². The van der Waals surface area contributed by atoms with Gasteiger partial charge in [0.1, 0.15) is 0 Å². The first-order valence-corrected chi connectivity index (χ1v) is 9.19. The summed E-state index contributed by atoms with van der Waals surface area (Å²) in [7, 11) is 0. The number of carbonyl (C=O) groups is 2. The predicted octanol–water partition coefficient (Wildman–Crippen LogP) is 3.58. The van der Waals surface area contributed by atoms with Crippen molar-refractivity contribution in [1.29, 1.82) is 0 Å². The molecule has 0 aliphatic heterocycles. The SMILES string of the molecule is CCC(CC)(CN)NC(=O)CCC(=O)c1ccc2c(c1)CCCC2.Cl. The van der Waals surface area contributed by atoms with Crippen molar-refractivity contribution in [1.82, 2.24) is 5.32 Å². The van der Waals surface area contributed by atoms with Gasteiger partial charge in [-0.1, -0.05) is 26.0 Å². The molecule has 4 nitrogen and oxygen atoms in total. The molecule has 0 aromatic heterocycles. The van der Waals surface area contributed by atoms with Gasteiger partial charge in [-0.05, 0) is 55.7 Å². The lowest BCUT2D eigenvalue weighted by molar-refractivity contribution is -0.123. The van der Waals surface area contributed by atoms with E-state index in [1.54, 1.807) is 0 Å². The maximum atomic E-state index is 12.4. The van der Waals surface area contributed by atoms with E-state index in [2.05, 4.69) is 11.4 Å². The zero-order chi connectivity index (χ0) is 17.6. The molecule has 0 heterocycles. The molecule has 5 heteroatoms. The normalized spacial score (nSPS) is 13.6. The maximum absolute atomic E-state index is 12.4. The summed E-state index contributed by atoms with van der Waals surface area (Å²) in [5, 5.41) is 3.02. The fraction of sp³-hybridized carbons (Fsp3) is 0.600. The number of fused-ring (bicyclic) bond motifs is 1. The van der Waals surface area contributed by atoms with Crippen molar-refractivity contribution in [3.63, 3.8) is 0 Å². The smallest absolute Gasteiger partial charge is 0.220 e. The van der Waals surface area contributed by atoms with Crippen LogP contribution in [0.5, 0.6) is 0 Å². The largest absolute Gasteiger partial charge is 0.349 e. The van der Waals surface area contributed by atoms with Gasteiger partial charge in [-0.2, -0.15) is 0 Å². The third-order valence-electron chi connectivity index (χ3n) is 5.40. The Morgan fingerprint density at radius 2 is 1.72 bits per heavy atom. The van der Waals surface area contributed by atoms with Gasteiger partial charge in [-0.25, -0.2) is 0 Å². The number of nitrogens with one attached hydrogen (secondary N) is 1. The van der Waals surface area contributed by atoms with Crippen LogP contribution in [0, 0.1) is 0 Å². The predicted molar refractivity (Wildman–Crippen MR) is 104 cm³/mol. The number of Topliss-reactive ketones (excluding diaryl/α,β-unsaturated/α-hetero) is 1. The Balaban J connectivity index is 0.00000312. The van der Waals surface area contributed by atoms with Crippen LogP contribution in [0.15, 0.2) is 18.2 Å². The number of aryl methyl sites for hydroxylation is 2. The highest BCUT2D eigenvalue weighted by Crippen LogP contribution is 2.23. The number of amides is 1. The van der Waals surface area contributed by atoms with E-state index >= 15 is 0 Å². The summed E-state index contributed by atoms with van der Waals surface area (Å²) in [5.41, 5.74) is 8.87. The van der Waals surface area contributed by atoms with Crippen LogP contribution in [0.3, 0.4) is 0 Å². The Morgan fingerprint density at radius 1 is 1.08 bits per heavy atom. The fourth-order valence-electron chi connectivity index (χ4n) is 3.40. The average molecular weight is 367 g/mol. The standard InChI is InChI=1S/C20H30N2O2.ClH/c1-3-20(4-2,14-21)22-19(24)12-11-18(23)17-10-9-15-7-5-6-8-16(15)13-17;/h9-10,13H,3-8,11-12,14,21H2,1-2H3,(H,22,24);1H. The van der Waals surface area contributed by atoms with Crippen LogP contribution in [0.25, 0.3) is 0 Å². The van der Waals surface area contributed by atoms with Gasteiger partial charge < -0.3 is 11.1 Å². The number of hydrogen-bond acceptors (Lipinski definition) is 3. The lowest BCUT2D eigenvalue weighted by Gasteiger charge is -2.31. The number of ketones is 1. The van der Waals surface area contributed by atoms with Crippen LogP contribution < -0.4 is 11.1 Å². The number of carbonyl (C=O) groups excluding carboxylic acids is 2. The van der Waals surface area contributed by atoms with Crippen molar-refractivity contribution in [3.05, 3.63) is 34.9 Å². The second-order valence-corrected chi connectivity index (χ2v) is 6.85. The molecule has 0 fully saturated rings. The zero-order valence-electron chi connectivity index (χ0n) is 15.4. The van der Waals surface area contributed by atoms with E-state index < -0.39 is 0 Å². The summed E-state index contributed by atoms with van der Waals surface area (Å²) in [4.78, 5) is 24.6. The molecule has 0 radical (unpaired) electrons. The lowest BCUT2D eigenvalue weighted by Crippen LogP contribution is -2.52. The van der Waals surface area contributed by atoms with E-state index in [1.807, 2.05) is 26.0 Å². The van der Waals surface area contributed by atoms with Gasteiger partial charge in [0.2, 0.25) is 5.91 Å². The third kappa shape index (κ3) is 5.55. The molecule has 1 amide bonds. The van der Waals surface area contributed by atoms with Crippen molar-refractivity contribution in [3.8, 4) is 0 Å². The number of halogens is 1. The second kappa shape index (κ2) is 9.93. The number of hydrogen-bond donors (Lipinski definition) is 2. The topological polar surface area (TPSA) is 72.2 Å². The van der Waals surface area contributed by atoms with Gasteiger partial charge in [-0.3, -0.25) is 9.59 Å². The number of benzene rings is 1. The van der Waals surface area contributed by atoms with Gasteiger partial charge in [0.15, 0.2) is 5.78 Å². The first-order valence-electron chi connectivity index (χ1n) is 9.19. The van der Waals surface area contributed by atoms with Gasteiger partial charge in [0, 0.05) is 24.9 Å². The molecule has 0 atom stereocenters. The van der Waals surface area contributed by atoms with Crippen LogP contribution in [-0.4, -0.2) is 23.8 Å². The van der Waals surface area contributed by atoms with E-state index in [-0.39, 0.29) is 42.5 Å². The molecule has 1 aromatic rings. The molecule has 140 valence electrons. The molecule has 3 N–H and O–H groups in total. The minimum atomic E-state index is -0.341. The molecule has 0 saturated carbocycles. The first kappa shape index (κ1) is 21.7. The highest BCUT2D eigenvalue weighted by atomic mass is 35.5. The van der Waals surface area contributed by atoms with Crippen LogP contribution >= 0.6 is 12.4 Å². The summed E-state index contributed by atoms with van der Waals surface area (Å²) in [6.45, 7) is 4.47. The van der Waals surface area contributed by atoms with Crippen LogP contribution in [0.1, 0.15) is 73.9 Å². The average Bonchev–Trinajstić information content (AvgIpc) is 2.64. The lowest BCUT2D eigenvalue weighted by atomic mass is 9.89. The summed E-state index contributed by atoms with van der Waals surface area (Å²) in [6.07, 6.45) is 6.66. The molecule has 0 bridgehead atoms. The van der Waals surface area contributed by atoms with Crippen molar-refractivity contribution in [2.75, 3.05) is 6.54 Å². The Labute approximate surface area is 157 Å². The molecular weight excluding hydrogens is 336 g/mol. The fourth-order valence-corrected chi connectivity index (χ4v) is 3.40. The van der Waals surface area contributed by atoms with Crippen LogP contribution in [-0.2, 0) is 17.6 Å². The van der Waals surface area contributed by atoms with Crippen LogP contribution in [0.4, 0.5) is 0 Å². The van der Waals surface area contributed by atoms with E-state index in [0.29, 0.717) is 6.54 Å². The van der Waals surface area contributed by atoms with Crippen molar-refractivity contribution in [2.24, 2.45) is 5.73 Å². The van der Waals surface area contributed by atoms with E-state index in [4.69, 9.17) is 5.73 Å². The molecule has 1 aliphatic rings. The van der Waals surface area contributed by atoms with Gasteiger partial charge in [0.25, 0.3) is 0 Å². The summed E-state index contributed by atoms with van der Waals surface area (Å²) >= 11 is 0. The van der Waals surface area contributed by atoms with Crippen molar-refractivity contribution >= 4 is 24.1 Å². The quantitative estimate of drug-likeness (QED) is 0.690. The second-order valence-electron chi connectivity index (χ2n) is 6.85. The molecule has 25 heavy (non-hydrogen) atoms. The molecule has 0 unspecified atom stereocenters. The molecule has 1 aromatic carbocycles. The summed E-state index contributed by atoms with van der Waals surface area (Å²) < 4.78 is 0. The number of nitrogens with two attached hydrogens (primary N) is 1. The van der Waals surface area contributed by atoms with Gasteiger partial charge in [0.05, 0.1) is 5.54 Å². The molecule has 2 rings (SSSR count). The molecule has 1 aliphatic carbocycles. The van der Waals surface area contributed by atoms with E-state index in [1.165, 1.54) is 24.0 Å². The van der Waals surface area contributed by atoms with Crippen molar-refractivity contribution in [2.45, 2.75) is 70.8 Å².